The van der Waals surface area contributed by atoms with Gasteiger partial charge in [-0.2, -0.15) is 0 Å². The Morgan fingerprint density at radius 1 is 1.14 bits per heavy atom. The third kappa shape index (κ3) is 3.98. The molecular weight excluding hydrogens is 443 g/mol. The topological polar surface area (TPSA) is 72.2 Å². The van der Waals surface area contributed by atoms with Gasteiger partial charge in [0.15, 0.2) is 0 Å². The van der Waals surface area contributed by atoms with Gasteiger partial charge >= 0.3 is 0 Å². The Balaban J connectivity index is 2.41. The Morgan fingerprint density at radius 2 is 1.86 bits per heavy atom. The van der Waals surface area contributed by atoms with Crippen molar-refractivity contribution in [3.8, 4) is 0 Å². The first-order valence-corrected chi connectivity index (χ1v) is 9.24. The second-order valence-electron chi connectivity index (χ2n) is 4.20. The van der Waals surface area contributed by atoms with Gasteiger partial charge in [-0.05, 0) is 51.8 Å². The molecule has 0 saturated heterocycles. The number of sulfonamides is 1. The summed E-state index contributed by atoms with van der Waals surface area (Å²) in [7, 11) is -3.75. The molecule has 2 rings (SSSR count). The van der Waals surface area contributed by atoms with Crippen LogP contribution in [0.1, 0.15) is 5.56 Å². The fourth-order valence-electron chi connectivity index (χ4n) is 1.66. The minimum atomic E-state index is -3.75. The summed E-state index contributed by atoms with van der Waals surface area (Å²) in [6.45, 7) is 0.337. The van der Waals surface area contributed by atoms with Gasteiger partial charge in [-0.15, -0.1) is 0 Å². The highest BCUT2D eigenvalue weighted by Crippen LogP contribution is 2.30. The maximum Gasteiger partial charge on any atom is 0.263 e. The third-order valence-corrected chi connectivity index (χ3v) is 5.86. The average molecular weight is 455 g/mol. The second-order valence-corrected chi connectivity index (χ2v) is 8.03. The van der Waals surface area contributed by atoms with E-state index in [1.165, 1.54) is 6.07 Å². The quantitative estimate of drug-likeness (QED) is 0.730. The maximum absolute atomic E-state index is 12.4. The summed E-state index contributed by atoms with van der Waals surface area (Å²) in [5.74, 6) is 0. The molecule has 0 atom stereocenters. The van der Waals surface area contributed by atoms with Crippen LogP contribution in [0.4, 0.5) is 5.69 Å². The molecule has 0 saturated carbocycles. The predicted octanol–water partition coefficient (Wildman–Crippen LogP) is 4.12. The molecule has 8 heteroatoms. The lowest BCUT2D eigenvalue weighted by Gasteiger charge is -2.12. The number of rotatable bonds is 4. The van der Waals surface area contributed by atoms with Crippen LogP contribution in [0.25, 0.3) is 0 Å². The van der Waals surface area contributed by atoms with E-state index >= 15 is 0 Å². The minimum absolute atomic E-state index is 0.121. The van der Waals surface area contributed by atoms with E-state index in [-0.39, 0.29) is 4.90 Å². The van der Waals surface area contributed by atoms with Crippen LogP contribution < -0.4 is 10.5 Å². The molecule has 0 fully saturated rings. The number of nitrogens with one attached hydrogen (secondary N) is 1. The molecule has 0 unspecified atom stereocenters. The van der Waals surface area contributed by atoms with Crippen molar-refractivity contribution in [3.05, 3.63) is 55.9 Å². The first-order valence-electron chi connectivity index (χ1n) is 5.80. The van der Waals surface area contributed by atoms with Crippen molar-refractivity contribution in [1.29, 1.82) is 0 Å². The lowest BCUT2D eigenvalue weighted by molar-refractivity contribution is 0.600. The van der Waals surface area contributed by atoms with E-state index in [2.05, 4.69) is 36.6 Å². The van der Waals surface area contributed by atoms with Gasteiger partial charge in [0, 0.05) is 15.5 Å². The van der Waals surface area contributed by atoms with Gasteiger partial charge in [0.1, 0.15) is 4.90 Å². The van der Waals surface area contributed by atoms with Crippen LogP contribution in [-0.2, 0) is 16.6 Å². The van der Waals surface area contributed by atoms with Gasteiger partial charge in [-0.25, -0.2) is 8.42 Å². The highest BCUT2D eigenvalue weighted by molar-refractivity contribution is 9.10. The molecule has 0 radical (unpaired) electrons. The third-order valence-electron chi connectivity index (χ3n) is 2.69. The van der Waals surface area contributed by atoms with Crippen molar-refractivity contribution >= 4 is 59.2 Å². The van der Waals surface area contributed by atoms with E-state index < -0.39 is 10.0 Å². The van der Waals surface area contributed by atoms with Crippen LogP contribution in [0.2, 0.25) is 5.02 Å². The van der Waals surface area contributed by atoms with Gasteiger partial charge in [-0.3, -0.25) is 4.72 Å². The molecule has 2 aromatic rings. The summed E-state index contributed by atoms with van der Waals surface area (Å²) >= 11 is 12.5. The summed E-state index contributed by atoms with van der Waals surface area (Å²) in [4.78, 5) is 0.121. The highest BCUT2D eigenvalue weighted by Gasteiger charge is 2.19. The zero-order valence-corrected chi connectivity index (χ0v) is 15.4. The molecule has 3 N–H and O–H groups in total. The van der Waals surface area contributed by atoms with Crippen LogP contribution in [-0.4, -0.2) is 8.42 Å². The van der Waals surface area contributed by atoms with Gasteiger partial charge in [-0.1, -0.05) is 33.6 Å². The summed E-state index contributed by atoms with van der Waals surface area (Å²) in [6, 6.07) is 9.78. The zero-order valence-electron chi connectivity index (χ0n) is 10.6. The SMILES string of the molecule is NCc1ccc(S(=O)(=O)Nc2cc(Br)ccc2Cl)c(Br)c1. The largest absolute Gasteiger partial charge is 0.326 e. The molecule has 0 bridgehead atoms. The van der Waals surface area contributed by atoms with Crippen molar-refractivity contribution in [2.24, 2.45) is 5.73 Å². The Labute approximate surface area is 145 Å². The lowest BCUT2D eigenvalue weighted by Crippen LogP contribution is -2.14. The van der Waals surface area contributed by atoms with Gasteiger partial charge < -0.3 is 5.73 Å². The van der Waals surface area contributed by atoms with Crippen molar-refractivity contribution in [1.82, 2.24) is 0 Å². The monoisotopic (exact) mass is 452 g/mol. The van der Waals surface area contributed by atoms with Crippen molar-refractivity contribution in [3.63, 3.8) is 0 Å². The summed E-state index contributed by atoms with van der Waals surface area (Å²) in [5, 5.41) is 0.316. The normalized spacial score (nSPS) is 11.4. The Kier molecular flexibility index (Phi) is 5.32. The number of halogens is 3. The van der Waals surface area contributed by atoms with E-state index in [1.54, 1.807) is 30.3 Å². The zero-order chi connectivity index (χ0) is 15.6. The van der Waals surface area contributed by atoms with Crippen molar-refractivity contribution < 1.29 is 8.42 Å². The van der Waals surface area contributed by atoms with E-state index in [4.69, 9.17) is 17.3 Å². The molecule has 2 aromatic carbocycles. The number of benzene rings is 2. The van der Waals surface area contributed by atoms with E-state index in [0.717, 1.165) is 10.0 Å². The number of hydrogen-bond acceptors (Lipinski definition) is 3. The van der Waals surface area contributed by atoms with Crippen LogP contribution in [0.3, 0.4) is 0 Å². The van der Waals surface area contributed by atoms with Crippen molar-refractivity contribution in [2.45, 2.75) is 11.4 Å². The lowest BCUT2D eigenvalue weighted by atomic mass is 10.2. The summed E-state index contributed by atoms with van der Waals surface area (Å²) in [6.07, 6.45) is 0. The average Bonchev–Trinajstić information content (AvgIpc) is 2.42. The van der Waals surface area contributed by atoms with E-state index in [1.807, 2.05) is 0 Å². The first-order chi connectivity index (χ1) is 9.83. The molecular formula is C13H11Br2ClN2O2S. The fourth-order valence-corrected chi connectivity index (χ4v) is 4.44. The number of hydrogen-bond donors (Lipinski definition) is 2. The van der Waals surface area contributed by atoms with Crippen LogP contribution in [0, 0.1) is 0 Å². The number of anilines is 1. The van der Waals surface area contributed by atoms with Crippen LogP contribution >= 0.6 is 43.5 Å². The fraction of sp³-hybridized carbons (Fsp3) is 0.0769. The Morgan fingerprint density at radius 3 is 2.48 bits per heavy atom. The molecule has 112 valence electrons. The smallest absolute Gasteiger partial charge is 0.263 e. The highest BCUT2D eigenvalue weighted by atomic mass is 79.9. The molecule has 4 nitrogen and oxygen atoms in total. The van der Waals surface area contributed by atoms with Gasteiger partial charge in [0.05, 0.1) is 10.7 Å². The molecule has 0 heterocycles. The van der Waals surface area contributed by atoms with Gasteiger partial charge in [0.25, 0.3) is 10.0 Å². The minimum Gasteiger partial charge on any atom is -0.326 e. The van der Waals surface area contributed by atoms with Crippen molar-refractivity contribution in [2.75, 3.05) is 4.72 Å². The first kappa shape index (κ1) is 16.8. The molecule has 0 aromatic heterocycles. The molecule has 0 aliphatic heterocycles. The summed E-state index contributed by atoms with van der Waals surface area (Å²) < 4.78 is 28.5. The molecule has 0 aliphatic rings. The van der Waals surface area contributed by atoms with Crippen LogP contribution in [0.5, 0.6) is 0 Å². The van der Waals surface area contributed by atoms with E-state index in [9.17, 15) is 8.42 Å². The Bertz CT molecular complexity index is 782. The standard InChI is InChI=1S/C13H11Br2ClN2O2S/c14-9-2-3-11(16)12(6-9)18-21(19,20)13-4-1-8(7-17)5-10(13)15/h1-6,18H,7,17H2. The molecule has 0 amide bonds. The van der Waals surface area contributed by atoms with Gasteiger partial charge in [0.2, 0.25) is 0 Å². The molecule has 0 aliphatic carbocycles. The summed E-state index contributed by atoms with van der Waals surface area (Å²) in [5.41, 5.74) is 6.67. The number of nitrogens with two attached hydrogens (primary N) is 1. The maximum atomic E-state index is 12.4. The second kappa shape index (κ2) is 6.66. The Hall–Kier alpha value is -0.600. The van der Waals surface area contributed by atoms with Crippen LogP contribution in [0.15, 0.2) is 50.2 Å². The molecule has 0 spiro atoms. The molecule has 21 heavy (non-hydrogen) atoms. The van der Waals surface area contributed by atoms with E-state index in [0.29, 0.717) is 21.7 Å². The predicted molar refractivity (Wildman–Crippen MR) is 92.0 cm³/mol.